The normalized spacial score (nSPS) is 15.9. The van der Waals surface area contributed by atoms with E-state index in [4.69, 9.17) is 4.74 Å². The molecule has 2 heteroatoms. The van der Waals surface area contributed by atoms with Crippen LogP contribution in [0.4, 0.5) is 0 Å². The Bertz CT molecular complexity index is 125. The summed E-state index contributed by atoms with van der Waals surface area (Å²) in [5, 5.41) is 3.24. The molecule has 0 aromatic carbocycles. The number of hydrogen-bond donors (Lipinski definition) is 1. The van der Waals surface area contributed by atoms with Crippen LogP contribution in [0.1, 0.15) is 47.0 Å². The lowest BCUT2D eigenvalue weighted by molar-refractivity contribution is 0.0330. The van der Waals surface area contributed by atoms with E-state index in [0.717, 1.165) is 6.61 Å². The van der Waals surface area contributed by atoms with Crippen LogP contribution in [0.5, 0.6) is 0 Å². The lowest BCUT2D eigenvalue weighted by atomic mass is 10.1. The summed E-state index contributed by atoms with van der Waals surface area (Å²) in [5.41, 5.74) is 0. The van der Waals surface area contributed by atoms with Crippen LogP contribution in [-0.4, -0.2) is 25.8 Å². The third-order valence-corrected chi connectivity index (χ3v) is 2.84. The molecular weight excluding hydrogens is 174 g/mol. The maximum Gasteiger partial charge on any atom is 0.0569 e. The van der Waals surface area contributed by atoms with E-state index in [2.05, 4.69) is 33.0 Å². The molecule has 2 nitrogen and oxygen atoms in total. The van der Waals surface area contributed by atoms with Crippen LogP contribution in [0.25, 0.3) is 0 Å². The summed E-state index contributed by atoms with van der Waals surface area (Å²) < 4.78 is 5.70. The van der Waals surface area contributed by atoms with Crippen molar-refractivity contribution in [2.24, 2.45) is 5.92 Å². The van der Waals surface area contributed by atoms with Gasteiger partial charge < -0.3 is 10.1 Å². The highest BCUT2D eigenvalue weighted by molar-refractivity contribution is 4.58. The molecule has 14 heavy (non-hydrogen) atoms. The molecule has 2 atom stereocenters. The summed E-state index contributed by atoms with van der Waals surface area (Å²) in [6.45, 7) is 9.69. The van der Waals surface area contributed by atoms with Crippen LogP contribution in [0.2, 0.25) is 0 Å². The third kappa shape index (κ3) is 7.34. The monoisotopic (exact) mass is 201 g/mol. The Labute approximate surface area is 89.4 Å². The van der Waals surface area contributed by atoms with Crippen molar-refractivity contribution < 1.29 is 4.74 Å². The quantitative estimate of drug-likeness (QED) is 0.610. The van der Waals surface area contributed by atoms with Crippen LogP contribution in [0, 0.1) is 5.92 Å². The van der Waals surface area contributed by atoms with E-state index in [0.29, 0.717) is 18.1 Å². The van der Waals surface area contributed by atoms with Crippen molar-refractivity contribution in [3.8, 4) is 0 Å². The van der Waals surface area contributed by atoms with Crippen LogP contribution < -0.4 is 5.32 Å². The smallest absolute Gasteiger partial charge is 0.0569 e. The summed E-state index contributed by atoms with van der Waals surface area (Å²) in [6.07, 6.45) is 4.09. The first kappa shape index (κ1) is 13.9. The van der Waals surface area contributed by atoms with Crippen molar-refractivity contribution in [2.75, 3.05) is 13.7 Å². The Balaban J connectivity index is 3.21. The molecule has 0 amide bonds. The topological polar surface area (TPSA) is 21.3 Å². The van der Waals surface area contributed by atoms with Gasteiger partial charge in [0.05, 0.1) is 6.10 Å². The first-order valence-corrected chi connectivity index (χ1v) is 5.86. The molecule has 0 bridgehead atoms. The van der Waals surface area contributed by atoms with Gasteiger partial charge in [0.25, 0.3) is 0 Å². The second-order valence-corrected chi connectivity index (χ2v) is 4.51. The molecule has 0 spiro atoms. The summed E-state index contributed by atoms with van der Waals surface area (Å²) in [7, 11) is 2.02. The molecule has 0 aliphatic rings. The number of nitrogens with one attached hydrogen (secondary N) is 1. The fraction of sp³-hybridized carbons (Fsp3) is 1.00. The minimum Gasteiger partial charge on any atom is -0.378 e. The Kier molecular flexibility index (Phi) is 8.20. The van der Waals surface area contributed by atoms with Crippen molar-refractivity contribution in [2.45, 2.75) is 59.1 Å². The summed E-state index contributed by atoms with van der Waals surface area (Å²) in [6, 6.07) is 0.637. The number of rotatable bonds is 8. The van der Waals surface area contributed by atoms with Crippen LogP contribution in [0.3, 0.4) is 0 Å². The predicted molar refractivity (Wildman–Crippen MR) is 62.6 cm³/mol. The van der Waals surface area contributed by atoms with Gasteiger partial charge in [0, 0.05) is 12.6 Å². The Hall–Kier alpha value is -0.0800. The van der Waals surface area contributed by atoms with Crippen molar-refractivity contribution in [1.82, 2.24) is 5.32 Å². The van der Waals surface area contributed by atoms with Gasteiger partial charge in [-0.25, -0.2) is 0 Å². The zero-order chi connectivity index (χ0) is 11.0. The second kappa shape index (κ2) is 8.25. The van der Waals surface area contributed by atoms with Gasteiger partial charge in [-0.3, -0.25) is 0 Å². The van der Waals surface area contributed by atoms with E-state index in [1.807, 2.05) is 7.05 Å². The zero-order valence-corrected chi connectivity index (χ0v) is 10.5. The first-order chi connectivity index (χ1) is 6.57. The Morgan fingerprint density at radius 3 is 2.21 bits per heavy atom. The molecule has 0 aliphatic heterocycles. The first-order valence-electron chi connectivity index (χ1n) is 5.86. The van der Waals surface area contributed by atoms with Crippen molar-refractivity contribution in [3.05, 3.63) is 0 Å². The molecule has 0 heterocycles. The Morgan fingerprint density at radius 1 is 1.07 bits per heavy atom. The molecule has 0 saturated heterocycles. The van der Waals surface area contributed by atoms with Gasteiger partial charge in [0.2, 0.25) is 0 Å². The van der Waals surface area contributed by atoms with Crippen LogP contribution in [0.15, 0.2) is 0 Å². The van der Waals surface area contributed by atoms with E-state index >= 15 is 0 Å². The predicted octanol–water partition coefficient (Wildman–Crippen LogP) is 2.83. The van der Waals surface area contributed by atoms with E-state index in [1.54, 1.807) is 0 Å². The van der Waals surface area contributed by atoms with Gasteiger partial charge in [-0.1, -0.05) is 13.8 Å². The zero-order valence-electron chi connectivity index (χ0n) is 10.5. The van der Waals surface area contributed by atoms with Crippen molar-refractivity contribution in [3.63, 3.8) is 0 Å². The van der Waals surface area contributed by atoms with E-state index in [-0.39, 0.29) is 0 Å². The number of unbranched alkanes of at least 4 members (excludes halogenated alkanes) is 1. The SMILES string of the molecule is CNC(C)CCCCOC(C)C(C)C. The lowest BCUT2D eigenvalue weighted by Crippen LogP contribution is -2.21. The molecular formula is C12H27NO. The fourth-order valence-electron chi connectivity index (χ4n) is 1.16. The van der Waals surface area contributed by atoms with Crippen LogP contribution >= 0.6 is 0 Å². The molecule has 1 N–H and O–H groups in total. The van der Waals surface area contributed by atoms with Gasteiger partial charge in [0.1, 0.15) is 0 Å². The second-order valence-electron chi connectivity index (χ2n) is 4.51. The maximum absolute atomic E-state index is 5.70. The molecule has 0 aromatic rings. The fourth-order valence-corrected chi connectivity index (χ4v) is 1.16. The molecule has 86 valence electrons. The molecule has 0 saturated carbocycles. The summed E-state index contributed by atoms with van der Waals surface area (Å²) in [5.74, 6) is 0.631. The highest BCUT2D eigenvalue weighted by Gasteiger charge is 2.06. The van der Waals surface area contributed by atoms with Gasteiger partial charge >= 0.3 is 0 Å². The lowest BCUT2D eigenvalue weighted by Gasteiger charge is -2.16. The minimum atomic E-state index is 0.400. The summed E-state index contributed by atoms with van der Waals surface area (Å²) >= 11 is 0. The van der Waals surface area contributed by atoms with Gasteiger partial charge in [0.15, 0.2) is 0 Å². The van der Waals surface area contributed by atoms with Crippen molar-refractivity contribution >= 4 is 0 Å². The summed E-state index contributed by atoms with van der Waals surface area (Å²) in [4.78, 5) is 0. The Morgan fingerprint density at radius 2 is 1.71 bits per heavy atom. The average Bonchev–Trinajstić information content (AvgIpc) is 2.16. The minimum absolute atomic E-state index is 0.400. The highest BCUT2D eigenvalue weighted by Crippen LogP contribution is 2.07. The highest BCUT2D eigenvalue weighted by atomic mass is 16.5. The molecule has 0 aliphatic carbocycles. The van der Waals surface area contributed by atoms with Gasteiger partial charge in [-0.15, -0.1) is 0 Å². The van der Waals surface area contributed by atoms with E-state index in [1.165, 1.54) is 19.3 Å². The maximum atomic E-state index is 5.70. The molecule has 0 aromatic heterocycles. The third-order valence-electron chi connectivity index (χ3n) is 2.84. The number of hydrogen-bond acceptors (Lipinski definition) is 2. The molecule has 0 rings (SSSR count). The van der Waals surface area contributed by atoms with E-state index < -0.39 is 0 Å². The van der Waals surface area contributed by atoms with Gasteiger partial charge in [-0.2, -0.15) is 0 Å². The van der Waals surface area contributed by atoms with Gasteiger partial charge in [-0.05, 0) is 46.1 Å². The largest absolute Gasteiger partial charge is 0.378 e. The van der Waals surface area contributed by atoms with Crippen molar-refractivity contribution in [1.29, 1.82) is 0 Å². The molecule has 0 fully saturated rings. The van der Waals surface area contributed by atoms with E-state index in [9.17, 15) is 0 Å². The molecule has 2 unspecified atom stereocenters. The van der Waals surface area contributed by atoms with Crippen LogP contribution in [-0.2, 0) is 4.74 Å². The average molecular weight is 201 g/mol. The standard InChI is InChI=1S/C12H27NO/c1-10(2)12(4)14-9-7-6-8-11(3)13-5/h10-13H,6-9H2,1-5H3. The number of ether oxygens (including phenoxy) is 1. The molecule has 0 radical (unpaired) electrons.